The summed E-state index contributed by atoms with van der Waals surface area (Å²) in [4.78, 5) is 11.7. The highest BCUT2D eigenvalue weighted by atomic mass is 16.5. The second kappa shape index (κ2) is 4.59. The van der Waals surface area contributed by atoms with Crippen LogP contribution in [0, 0.1) is 11.3 Å². The number of fused-ring (bicyclic) bond motifs is 1. The zero-order chi connectivity index (χ0) is 14.1. The Morgan fingerprint density at radius 3 is 2.60 bits per heavy atom. The molecule has 0 amide bonds. The van der Waals surface area contributed by atoms with Gasteiger partial charge in [-0.25, -0.2) is 4.79 Å². The number of para-hydroxylation sites is 1. The van der Waals surface area contributed by atoms with Crippen molar-refractivity contribution in [3.05, 3.63) is 52.4 Å². The maximum absolute atomic E-state index is 11.7. The molecule has 20 heavy (non-hydrogen) atoms. The SMILES string of the molecule is COc1cc(-c2cc3ccccc3o2)oc(=O)c1C#N. The summed E-state index contributed by atoms with van der Waals surface area (Å²) in [5.41, 5.74) is -0.219. The van der Waals surface area contributed by atoms with E-state index in [1.807, 2.05) is 24.3 Å². The van der Waals surface area contributed by atoms with Gasteiger partial charge in [0.15, 0.2) is 17.1 Å². The largest absolute Gasteiger partial charge is 0.495 e. The van der Waals surface area contributed by atoms with Gasteiger partial charge >= 0.3 is 5.63 Å². The second-order valence-corrected chi connectivity index (χ2v) is 4.10. The lowest BCUT2D eigenvalue weighted by atomic mass is 10.2. The topological polar surface area (TPSA) is 76.4 Å². The molecule has 1 aromatic carbocycles. The van der Waals surface area contributed by atoms with E-state index < -0.39 is 5.63 Å². The van der Waals surface area contributed by atoms with Crippen LogP contribution in [0.3, 0.4) is 0 Å². The van der Waals surface area contributed by atoms with Crippen molar-refractivity contribution in [3.63, 3.8) is 0 Å². The number of nitriles is 1. The van der Waals surface area contributed by atoms with Crippen LogP contribution in [0.25, 0.3) is 22.5 Å². The highest BCUT2D eigenvalue weighted by Crippen LogP contribution is 2.29. The zero-order valence-corrected chi connectivity index (χ0v) is 10.5. The molecule has 0 aliphatic heterocycles. The molecule has 0 radical (unpaired) electrons. The molecule has 5 heteroatoms. The van der Waals surface area contributed by atoms with Gasteiger partial charge in [-0.3, -0.25) is 0 Å². The Labute approximate surface area is 113 Å². The van der Waals surface area contributed by atoms with Gasteiger partial charge in [0.05, 0.1) is 7.11 Å². The van der Waals surface area contributed by atoms with Crippen molar-refractivity contribution < 1.29 is 13.6 Å². The first-order valence-electron chi connectivity index (χ1n) is 5.84. The summed E-state index contributed by atoms with van der Waals surface area (Å²) in [6, 6.07) is 12.4. The van der Waals surface area contributed by atoms with E-state index in [-0.39, 0.29) is 17.1 Å². The van der Waals surface area contributed by atoms with Crippen molar-refractivity contribution in [2.24, 2.45) is 0 Å². The third-order valence-electron chi connectivity index (χ3n) is 2.92. The van der Waals surface area contributed by atoms with Gasteiger partial charge in [-0.2, -0.15) is 5.26 Å². The number of rotatable bonds is 2. The average Bonchev–Trinajstić information content (AvgIpc) is 2.90. The third kappa shape index (κ3) is 1.84. The standard InChI is InChI=1S/C15H9NO4/c1-18-12-7-14(20-15(17)10(12)8-16)13-6-9-4-2-3-5-11(9)19-13/h2-7H,1H3. The van der Waals surface area contributed by atoms with Crippen LogP contribution in [0.4, 0.5) is 0 Å². The number of furan rings is 1. The first-order valence-corrected chi connectivity index (χ1v) is 5.84. The fraction of sp³-hybridized carbons (Fsp3) is 0.0667. The van der Waals surface area contributed by atoms with Crippen LogP contribution in [0.2, 0.25) is 0 Å². The van der Waals surface area contributed by atoms with Crippen molar-refractivity contribution in [3.8, 4) is 23.3 Å². The van der Waals surface area contributed by atoms with Gasteiger partial charge < -0.3 is 13.6 Å². The van der Waals surface area contributed by atoms with Gasteiger partial charge in [-0.15, -0.1) is 0 Å². The molecule has 98 valence electrons. The smallest absolute Gasteiger partial charge is 0.358 e. The van der Waals surface area contributed by atoms with Crippen LogP contribution < -0.4 is 10.4 Å². The summed E-state index contributed by atoms with van der Waals surface area (Å²) < 4.78 is 15.7. The molecule has 0 bridgehead atoms. The quantitative estimate of drug-likeness (QED) is 0.713. The summed E-state index contributed by atoms with van der Waals surface area (Å²) in [5.74, 6) is 0.798. The lowest BCUT2D eigenvalue weighted by Crippen LogP contribution is -2.06. The van der Waals surface area contributed by atoms with E-state index in [4.69, 9.17) is 18.8 Å². The molecule has 0 spiro atoms. The van der Waals surface area contributed by atoms with Crippen LogP contribution in [0.5, 0.6) is 5.75 Å². The molecule has 0 aliphatic carbocycles. The lowest BCUT2D eigenvalue weighted by Gasteiger charge is -2.02. The van der Waals surface area contributed by atoms with Crippen molar-refractivity contribution in [1.29, 1.82) is 5.26 Å². The highest BCUT2D eigenvalue weighted by Gasteiger charge is 2.15. The van der Waals surface area contributed by atoms with Gasteiger partial charge in [-0.1, -0.05) is 18.2 Å². The van der Waals surface area contributed by atoms with Gasteiger partial charge in [-0.05, 0) is 12.1 Å². The van der Waals surface area contributed by atoms with Gasteiger partial charge in [0, 0.05) is 11.5 Å². The van der Waals surface area contributed by atoms with Crippen LogP contribution in [0.15, 0.2) is 50.0 Å². The highest BCUT2D eigenvalue weighted by molar-refractivity contribution is 5.81. The average molecular weight is 267 g/mol. The molecular weight excluding hydrogens is 258 g/mol. The van der Waals surface area contributed by atoms with Crippen molar-refractivity contribution in [1.82, 2.24) is 0 Å². The van der Waals surface area contributed by atoms with E-state index in [0.29, 0.717) is 11.3 Å². The van der Waals surface area contributed by atoms with Crippen LogP contribution in [-0.4, -0.2) is 7.11 Å². The van der Waals surface area contributed by atoms with E-state index in [1.54, 1.807) is 12.1 Å². The van der Waals surface area contributed by atoms with E-state index in [0.717, 1.165) is 5.39 Å². The van der Waals surface area contributed by atoms with Crippen molar-refractivity contribution in [2.45, 2.75) is 0 Å². The Hall–Kier alpha value is -3.00. The van der Waals surface area contributed by atoms with E-state index in [9.17, 15) is 4.79 Å². The predicted octanol–water partition coefficient (Wildman–Crippen LogP) is 2.93. The zero-order valence-electron chi connectivity index (χ0n) is 10.5. The van der Waals surface area contributed by atoms with Gasteiger partial charge in [0.1, 0.15) is 17.4 Å². The van der Waals surface area contributed by atoms with Gasteiger partial charge in [0.2, 0.25) is 0 Å². The lowest BCUT2D eigenvalue weighted by molar-refractivity contribution is 0.400. The molecule has 0 fully saturated rings. The van der Waals surface area contributed by atoms with Crippen LogP contribution in [-0.2, 0) is 0 Å². The molecule has 0 N–H and O–H groups in total. The Morgan fingerprint density at radius 2 is 1.90 bits per heavy atom. The first-order chi connectivity index (χ1) is 9.72. The molecule has 3 rings (SSSR count). The Morgan fingerprint density at radius 1 is 1.15 bits per heavy atom. The fourth-order valence-corrected chi connectivity index (χ4v) is 1.96. The molecule has 0 atom stereocenters. The van der Waals surface area contributed by atoms with Crippen LogP contribution >= 0.6 is 0 Å². The van der Waals surface area contributed by atoms with Crippen molar-refractivity contribution in [2.75, 3.05) is 7.11 Å². The Kier molecular flexibility index (Phi) is 2.77. The van der Waals surface area contributed by atoms with Crippen molar-refractivity contribution >= 4 is 11.0 Å². The molecular formula is C15H9NO4. The maximum Gasteiger partial charge on any atom is 0.358 e. The minimum absolute atomic E-state index is 0.160. The minimum atomic E-state index is -0.748. The van der Waals surface area contributed by atoms with E-state index in [2.05, 4.69) is 0 Å². The molecule has 0 saturated carbocycles. The second-order valence-electron chi connectivity index (χ2n) is 4.10. The van der Waals surface area contributed by atoms with E-state index in [1.165, 1.54) is 13.2 Å². The molecule has 2 heterocycles. The molecule has 5 nitrogen and oxygen atoms in total. The summed E-state index contributed by atoms with van der Waals surface area (Å²) in [5, 5.41) is 9.79. The summed E-state index contributed by atoms with van der Waals surface area (Å²) in [7, 11) is 1.39. The summed E-state index contributed by atoms with van der Waals surface area (Å²) in [6.45, 7) is 0. The predicted molar refractivity (Wildman–Crippen MR) is 71.5 cm³/mol. The Balaban J connectivity index is 2.22. The number of ether oxygens (including phenoxy) is 1. The van der Waals surface area contributed by atoms with Gasteiger partial charge in [0.25, 0.3) is 0 Å². The molecule has 0 saturated heterocycles. The summed E-state index contributed by atoms with van der Waals surface area (Å²) >= 11 is 0. The fourth-order valence-electron chi connectivity index (χ4n) is 1.96. The first kappa shape index (κ1) is 12.1. The molecule has 2 aromatic heterocycles. The van der Waals surface area contributed by atoms with Crippen LogP contribution in [0.1, 0.15) is 5.56 Å². The molecule has 3 aromatic rings. The number of benzene rings is 1. The minimum Gasteiger partial charge on any atom is -0.495 e. The molecule has 0 unspecified atom stereocenters. The van der Waals surface area contributed by atoms with E-state index >= 15 is 0 Å². The maximum atomic E-state index is 11.7. The summed E-state index contributed by atoms with van der Waals surface area (Å²) in [6.07, 6.45) is 0. The number of nitrogens with zero attached hydrogens (tertiary/aromatic N) is 1. The monoisotopic (exact) mass is 267 g/mol. The third-order valence-corrected chi connectivity index (χ3v) is 2.92. The normalized spacial score (nSPS) is 10.4. The Bertz CT molecular complexity index is 850. The molecule has 0 aliphatic rings. The number of hydrogen-bond acceptors (Lipinski definition) is 5. The number of methoxy groups -OCH3 is 1. The number of hydrogen-bond donors (Lipinski definition) is 0.